The van der Waals surface area contributed by atoms with Crippen LogP contribution in [0.4, 0.5) is 11.4 Å². The predicted octanol–water partition coefficient (Wildman–Crippen LogP) is 2.02. The molecule has 0 bridgehead atoms. The van der Waals surface area contributed by atoms with E-state index in [9.17, 15) is 5.11 Å². The first kappa shape index (κ1) is 13.0. The lowest BCUT2D eigenvalue weighted by Crippen LogP contribution is -2.41. The number of hydrogen-bond donors (Lipinski definition) is 2. The van der Waals surface area contributed by atoms with E-state index in [4.69, 9.17) is 10.5 Å². The van der Waals surface area contributed by atoms with Gasteiger partial charge in [-0.3, -0.25) is 0 Å². The second-order valence-corrected chi connectivity index (χ2v) is 4.68. The lowest BCUT2D eigenvalue weighted by atomic mass is 10.0. The van der Waals surface area contributed by atoms with Crippen molar-refractivity contribution in [3.63, 3.8) is 0 Å². The zero-order valence-corrected chi connectivity index (χ0v) is 10.9. The van der Waals surface area contributed by atoms with Gasteiger partial charge in [0.1, 0.15) is 5.75 Å². The molecule has 1 saturated heterocycles. The molecule has 1 fully saturated rings. The van der Waals surface area contributed by atoms with Crippen molar-refractivity contribution in [3.8, 4) is 5.75 Å². The van der Waals surface area contributed by atoms with Crippen LogP contribution in [-0.4, -0.2) is 30.9 Å². The average Bonchev–Trinajstić information content (AvgIpc) is 2.41. The molecular weight excluding hydrogens is 228 g/mol. The maximum atomic E-state index is 9.45. The van der Waals surface area contributed by atoms with E-state index in [1.165, 1.54) is 12.8 Å². The van der Waals surface area contributed by atoms with Crippen LogP contribution in [0.3, 0.4) is 0 Å². The largest absolute Gasteiger partial charge is 0.492 e. The van der Waals surface area contributed by atoms with Gasteiger partial charge in [0, 0.05) is 18.3 Å². The number of benzene rings is 1. The van der Waals surface area contributed by atoms with Gasteiger partial charge in [0.2, 0.25) is 0 Å². The summed E-state index contributed by atoms with van der Waals surface area (Å²) in [6, 6.07) is 6.08. The quantitative estimate of drug-likeness (QED) is 0.803. The van der Waals surface area contributed by atoms with E-state index in [1.54, 1.807) is 0 Å². The molecule has 2 rings (SSSR count). The van der Waals surface area contributed by atoms with Gasteiger partial charge in [0.05, 0.1) is 24.9 Å². The van der Waals surface area contributed by atoms with Gasteiger partial charge in [-0.1, -0.05) is 0 Å². The molecule has 1 aromatic carbocycles. The zero-order chi connectivity index (χ0) is 13.0. The van der Waals surface area contributed by atoms with E-state index in [-0.39, 0.29) is 12.6 Å². The number of nitrogens with two attached hydrogens (primary N) is 1. The Hall–Kier alpha value is -1.42. The van der Waals surface area contributed by atoms with Crippen molar-refractivity contribution in [2.24, 2.45) is 0 Å². The van der Waals surface area contributed by atoms with E-state index in [2.05, 4.69) is 4.90 Å². The third-order valence-electron chi connectivity index (χ3n) is 3.47. The zero-order valence-electron chi connectivity index (χ0n) is 10.9. The van der Waals surface area contributed by atoms with Crippen LogP contribution >= 0.6 is 0 Å². The molecule has 0 aliphatic carbocycles. The van der Waals surface area contributed by atoms with Crippen LogP contribution in [0.2, 0.25) is 0 Å². The lowest BCUT2D eigenvalue weighted by molar-refractivity contribution is 0.240. The molecule has 1 heterocycles. The van der Waals surface area contributed by atoms with Crippen LogP contribution in [-0.2, 0) is 0 Å². The Labute approximate surface area is 108 Å². The number of hydrogen-bond acceptors (Lipinski definition) is 4. The maximum Gasteiger partial charge on any atom is 0.144 e. The predicted molar refractivity (Wildman–Crippen MR) is 74.1 cm³/mol. The molecule has 4 nitrogen and oxygen atoms in total. The number of rotatable bonds is 4. The van der Waals surface area contributed by atoms with E-state index in [1.807, 2.05) is 25.1 Å². The van der Waals surface area contributed by atoms with E-state index in [0.29, 0.717) is 12.3 Å². The molecule has 1 aliphatic rings. The summed E-state index contributed by atoms with van der Waals surface area (Å²) >= 11 is 0. The standard InChI is InChI=1S/C14H22N2O2/c1-2-18-14-9-11(6-7-13(14)15)16-8-4-3-5-12(16)10-17/h6-7,9,12,17H,2-5,8,10,15H2,1H3. The molecule has 18 heavy (non-hydrogen) atoms. The van der Waals surface area contributed by atoms with Crippen LogP contribution in [0.25, 0.3) is 0 Å². The Morgan fingerprint density at radius 1 is 1.44 bits per heavy atom. The van der Waals surface area contributed by atoms with Gasteiger partial charge >= 0.3 is 0 Å². The highest BCUT2D eigenvalue weighted by atomic mass is 16.5. The van der Waals surface area contributed by atoms with E-state index >= 15 is 0 Å². The number of anilines is 2. The molecular formula is C14H22N2O2. The van der Waals surface area contributed by atoms with Gasteiger partial charge in [-0.2, -0.15) is 0 Å². The minimum atomic E-state index is 0.203. The van der Waals surface area contributed by atoms with Crippen molar-refractivity contribution in [1.29, 1.82) is 0 Å². The van der Waals surface area contributed by atoms with Crippen LogP contribution in [0.5, 0.6) is 5.75 Å². The topological polar surface area (TPSA) is 58.7 Å². The lowest BCUT2D eigenvalue weighted by Gasteiger charge is -2.36. The third kappa shape index (κ3) is 2.70. The molecule has 3 N–H and O–H groups in total. The number of piperidine rings is 1. The summed E-state index contributed by atoms with van der Waals surface area (Å²) in [5.74, 6) is 0.734. The first-order chi connectivity index (χ1) is 8.76. The molecule has 1 aliphatic heterocycles. The summed E-state index contributed by atoms with van der Waals surface area (Å²) in [7, 11) is 0. The molecule has 0 saturated carbocycles. The fraction of sp³-hybridized carbons (Fsp3) is 0.571. The fourth-order valence-electron chi connectivity index (χ4n) is 2.51. The molecule has 4 heteroatoms. The number of ether oxygens (including phenoxy) is 1. The summed E-state index contributed by atoms with van der Waals surface area (Å²) in [6.45, 7) is 3.75. The molecule has 0 amide bonds. The second kappa shape index (κ2) is 5.96. The van der Waals surface area contributed by atoms with Crippen molar-refractivity contribution in [1.82, 2.24) is 0 Å². The van der Waals surface area contributed by atoms with Crippen molar-refractivity contribution in [2.75, 3.05) is 30.4 Å². The summed E-state index contributed by atoms with van der Waals surface area (Å²) in [4.78, 5) is 2.26. The van der Waals surface area contributed by atoms with Crippen LogP contribution < -0.4 is 15.4 Å². The molecule has 0 spiro atoms. The average molecular weight is 250 g/mol. The van der Waals surface area contributed by atoms with E-state index in [0.717, 1.165) is 24.4 Å². The van der Waals surface area contributed by atoms with Crippen molar-refractivity contribution < 1.29 is 9.84 Å². The van der Waals surface area contributed by atoms with Crippen LogP contribution in [0.1, 0.15) is 26.2 Å². The highest BCUT2D eigenvalue weighted by Crippen LogP contribution is 2.31. The van der Waals surface area contributed by atoms with Crippen molar-refractivity contribution >= 4 is 11.4 Å². The third-order valence-corrected chi connectivity index (χ3v) is 3.47. The SMILES string of the molecule is CCOc1cc(N2CCCCC2CO)ccc1N. The van der Waals surface area contributed by atoms with Gasteiger partial charge in [-0.25, -0.2) is 0 Å². The van der Waals surface area contributed by atoms with Gasteiger partial charge in [-0.05, 0) is 38.3 Å². The Kier molecular flexibility index (Phi) is 4.31. The van der Waals surface area contributed by atoms with E-state index < -0.39 is 0 Å². The van der Waals surface area contributed by atoms with Gasteiger partial charge in [-0.15, -0.1) is 0 Å². The Morgan fingerprint density at radius 2 is 2.28 bits per heavy atom. The number of aliphatic hydroxyl groups excluding tert-OH is 1. The van der Waals surface area contributed by atoms with Crippen LogP contribution in [0, 0.1) is 0 Å². The molecule has 100 valence electrons. The molecule has 1 unspecified atom stereocenters. The first-order valence-corrected chi connectivity index (χ1v) is 6.66. The summed E-state index contributed by atoms with van der Waals surface area (Å²) in [6.07, 6.45) is 3.41. The van der Waals surface area contributed by atoms with Crippen LogP contribution in [0.15, 0.2) is 18.2 Å². The molecule has 1 atom stereocenters. The van der Waals surface area contributed by atoms with Gasteiger partial charge < -0.3 is 20.5 Å². The van der Waals surface area contributed by atoms with Gasteiger partial charge in [0.15, 0.2) is 0 Å². The first-order valence-electron chi connectivity index (χ1n) is 6.66. The summed E-state index contributed by atoms with van der Waals surface area (Å²) in [5.41, 5.74) is 7.63. The minimum absolute atomic E-state index is 0.203. The summed E-state index contributed by atoms with van der Waals surface area (Å²) < 4.78 is 5.52. The Balaban J connectivity index is 2.23. The normalized spacial score (nSPS) is 19.9. The Morgan fingerprint density at radius 3 is 3.00 bits per heavy atom. The monoisotopic (exact) mass is 250 g/mol. The van der Waals surface area contributed by atoms with Crippen molar-refractivity contribution in [2.45, 2.75) is 32.2 Å². The fourth-order valence-corrected chi connectivity index (χ4v) is 2.51. The Bertz CT molecular complexity index is 395. The molecule has 0 radical (unpaired) electrons. The van der Waals surface area contributed by atoms with Gasteiger partial charge in [0.25, 0.3) is 0 Å². The molecule has 0 aromatic heterocycles. The van der Waals surface area contributed by atoms with Crippen molar-refractivity contribution in [3.05, 3.63) is 18.2 Å². The number of nitrogens with zero attached hydrogens (tertiary/aromatic N) is 1. The number of aliphatic hydroxyl groups is 1. The smallest absolute Gasteiger partial charge is 0.144 e. The maximum absolute atomic E-state index is 9.45. The molecule has 1 aromatic rings. The minimum Gasteiger partial charge on any atom is -0.492 e. The second-order valence-electron chi connectivity index (χ2n) is 4.68. The highest BCUT2D eigenvalue weighted by molar-refractivity contribution is 5.62. The summed E-state index contributed by atoms with van der Waals surface area (Å²) in [5, 5.41) is 9.45. The highest BCUT2D eigenvalue weighted by Gasteiger charge is 2.22. The number of nitrogen functional groups attached to an aromatic ring is 1.